The lowest BCUT2D eigenvalue weighted by Crippen LogP contribution is -2.31. The summed E-state index contributed by atoms with van der Waals surface area (Å²) in [6.07, 6.45) is 0. The minimum atomic E-state index is -0.907. The molecule has 2 rings (SSSR count). The average Bonchev–Trinajstić information content (AvgIpc) is 2.43. The van der Waals surface area contributed by atoms with Crippen LogP contribution in [-0.2, 0) is 20.9 Å². The van der Waals surface area contributed by atoms with Crippen LogP contribution in [0.2, 0.25) is 0 Å². The van der Waals surface area contributed by atoms with Gasteiger partial charge in [-0.25, -0.2) is 4.79 Å². The van der Waals surface area contributed by atoms with Crippen molar-refractivity contribution in [1.82, 2.24) is 5.32 Å². The maximum Gasteiger partial charge on any atom is 0.396 e. The molecule has 0 bridgehead atoms. The summed E-state index contributed by atoms with van der Waals surface area (Å²) in [7, 11) is 1.16. The molecule has 0 saturated heterocycles. The number of ether oxygens (including phenoxy) is 3. The summed E-state index contributed by atoms with van der Waals surface area (Å²) in [5, 5.41) is 2.49. The molecule has 0 aliphatic carbocycles. The normalized spacial score (nSPS) is 12.7. The van der Waals surface area contributed by atoms with Gasteiger partial charge in [0.05, 0.1) is 7.11 Å². The maximum atomic E-state index is 11.3. The first kappa shape index (κ1) is 13.2. The largest absolute Gasteiger partial charge is 0.486 e. The van der Waals surface area contributed by atoms with Crippen LogP contribution in [0.3, 0.4) is 0 Å². The molecule has 6 nitrogen and oxygen atoms in total. The highest BCUT2D eigenvalue weighted by Gasteiger charge is 2.16. The van der Waals surface area contributed by atoms with Crippen LogP contribution < -0.4 is 14.8 Å². The number of hydrogen-bond acceptors (Lipinski definition) is 5. The van der Waals surface area contributed by atoms with Gasteiger partial charge in [-0.1, -0.05) is 0 Å². The first-order chi connectivity index (χ1) is 9.11. The lowest BCUT2D eigenvalue weighted by Gasteiger charge is -2.20. The second kappa shape index (κ2) is 5.60. The van der Waals surface area contributed by atoms with Crippen LogP contribution >= 0.6 is 0 Å². The molecule has 1 amide bonds. The smallest absolute Gasteiger partial charge is 0.396 e. The Kier molecular flexibility index (Phi) is 3.89. The predicted molar refractivity (Wildman–Crippen MR) is 66.0 cm³/mol. The van der Waals surface area contributed by atoms with E-state index in [2.05, 4.69) is 10.1 Å². The van der Waals surface area contributed by atoms with Gasteiger partial charge in [-0.3, -0.25) is 4.79 Å². The van der Waals surface area contributed by atoms with E-state index in [1.807, 2.05) is 13.0 Å². The number of carbonyl (C=O) groups is 2. The fourth-order valence-electron chi connectivity index (χ4n) is 1.76. The second-order valence-corrected chi connectivity index (χ2v) is 4.10. The molecule has 0 unspecified atom stereocenters. The van der Waals surface area contributed by atoms with E-state index < -0.39 is 11.9 Å². The summed E-state index contributed by atoms with van der Waals surface area (Å²) in [5.74, 6) is -0.321. The maximum absolute atomic E-state index is 11.3. The van der Waals surface area contributed by atoms with Gasteiger partial charge in [-0.05, 0) is 30.2 Å². The number of benzene rings is 1. The fraction of sp³-hybridized carbons (Fsp3) is 0.385. The molecule has 0 fully saturated rings. The van der Waals surface area contributed by atoms with E-state index in [-0.39, 0.29) is 6.54 Å². The van der Waals surface area contributed by atoms with Crippen molar-refractivity contribution in [2.24, 2.45) is 0 Å². The number of amides is 1. The third-order valence-electron chi connectivity index (χ3n) is 2.81. The highest BCUT2D eigenvalue weighted by Crippen LogP contribution is 2.32. The molecule has 1 aliphatic heterocycles. The summed E-state index contributed by atoms with van der Waals surface area (Å²) in [4.78, 5) is 22.3. The Labute approximate surface area is 110 Å². The van der Waals surface area contributed by atoms with Gasteiger partial charge in [-0.15, -0.1) is 0 Å². The van der Waals surface area contributed by atoms with Gasteiger partial charge in [0, 0.05) is 6.54 Å². The third-order valence-corrected chi connectivity index (χ3v) is 2.81. The third kappa shape index (κ3) is 2.96. The zero-order valence-corrected chi connectivity index (χ0v) is 10.8. The van der Waals surface area contributed by atoms with Crippen molar-refractivity contribution in [2.75, 3.05) is 20.3 Å². The number of rotatable bonds is 2. The molecule has 1 N–H and O–H groups in total. The zero-order chi connectivity index (χ0) is 13.8. The summed E-state index contributed by atoms with van der Waals surface area (Å²) < 4.78 is 15.2. The van der Waals surface area contributed by atoms with Crippen molar-refractivity contribution in [2.45, 2.75) is 13.5 Å². The van der Waals surface area contributed by atoms with E-state index in [9.17, 15) is 9.59 Å². The van der Waals surface area contributed by atoms with Gasteiger partial charge < -0.3 is 19.5 Å². The van der Waals surface area contributed by atoms with Crippen LogP contribution in [0.1, 0.15) is 11.1 Å². The molecule has 0 atom stereocenters. The van der Waals surface area contributed by atoms with Crippen molar-refractivity contribution in [3.63, 3.8) is 0 Å². The van der Waals surface area contributed by atoms with Crippen molar-refractivity contribution in [3.8, 4) is 11.5 Å². The molecule has 0 spiro atoms. The quantitative estimate of drug-likeness (QED) is 0.624. The summed E-state index contributed by atoms with van der Waals surface area (Å²) >= 11 is 0. The molecule has 1 aromatic carbocycles. The molecule has 0 radical (unpaired) electrons. The van der Waals surface area contributed by atoms with Crippen LogP contribution in [0.25, 0.3) is 0 Å². The molecular weight excluding hydrogens is 250 g/mol. The number of hydrogen-bond donors (Lipinski definition) is 1. The van der Waals surface area contributed by atoms with Gasteiger partial charge in [0.1, 0.15) is 13.2 Å². The number of carbonyl (C=O) groups excluding carboxylic acids is 2. The Hall–Kier alpha value is -2.24. The van der Waals surface area contributed by atoms with Gasteiger partial charge in [0.15, 0.2) is 11.5 Å². The standard InChI is InChI=1S/C13H15NO5/c1-8-5-10-11(19-4-3-18-10)6-9(8)7-14-12(15)13(16)17-2/h5-6H,3-4,7H2,1-2H3,(H,14,15). The summed E-state index contributed by atoms with van der Waals surface area (Å²) in [6.45, 7) is 3.17. The Morgan fingerprint density at radius 2 is 1.89 bits per heavy atom. The number of nitrogens with one attached hydrogen (secondary N) is 1. The Bertz CT molecular complexity index is 512. The topological polar surface area (TPSA) is 73.9 Å². The molecular formula is C13H15NO5. The van der Waals surface area contributed by atoms with Crippen molar-refractivity contribution < 1.29 is 23.8 Å². The van der Waals surface area contributed by atoms with Crippen molar-refractivity contribution >= 4 is 11.9 Å². The molecule has 1 aliphatic rings. The van der Waals surface area contributed by atoms with Crippen LogP contribution in [-0.4, -0.2) is 32.2 Å². The Morgan fingerprint density at radius 1 is 1.26 bits per heavy atom. The first-order valence-electron chi connectivity index (χ1n) is 5.87. The number of methoxy groups -OCH3 is 1. The van der Waals surface area contributed by atoms with Crippen molar-refractivity contribution in [3.05, 3.63) is 23.3 Å². The number of fused-ring (bicyclic) bond motifs is 1. The Balaban J connectivity index is 2.08. The number of aryl methyl sites for hydroxylation is 1. The minimum Gasteiger partial charge on any atom is -0.486 e. The lowest BCUT2D eigenvalue weighted by molar-refractivity contribution is -0.152. The lowest BCUT2D eigenvalue weighted by atomic mass is 10.1. The molecule has 1 heterocycles. The van der Waals surface area contributed by atoms with Crippen LogP contribution in [0, 0.1) is 6.92 Å². The highest BCUT2D eigenvalue weighted by molar-refractivity contribution is 6.32. The van der Waals surface area contributed by atoms with Gasteiger partial charge in [0.2, 0.25) is 0 Å². The predicted octanol–water partition coefficient (Wildman–Crippen LogP) is 0.555. The molecule has 0 saturated carbocycles. The van der Waals surface area contributed by atoms with Gasteiger partial charge >= 0.3 is 11.9 Å². The SMILES string of the molecule is COC(=O)C(=O)NCc1cc2c(cc1C)OCCO2. The Morgan fingerprint density at radius 3 is 2.53 bits per heavy atom. The molecule has 1 aromatic rings. The highest BCUT2D eigenvalue weighted by atomic mass is 16.6. The summed E-state index contributed by atoms with van der Waals surface area (Å²) in [5.41, 5.74) is 1.82. The van der Waals surface area contributed by atoms with Crippen LogP contribution in [0.5, 0.6) is 11.5 Å². The monoisotopic (exact) mass is 265 g/mol. The van der Waals surface area contributed by atoms with E-state index in [1.165, 1.54) is 0 Å². The fourth-order valence-corrected chi connectivity index (χ4v) is 1.76. The molecule has 6 heteroatoms. The molecule has 0 aromatic heterocycles. The van der Waals surface area contributed by atoms with E-state index in [0.29, 0.717) is 24.7 Å². The minimum absolute atomic E-state index is 0.233. The van der Waals surface area contributed by atoms with E-state index in [4.69, 9.17) is 9.47 Å². The first-order valence-corrected chi connectivity index (χ1v) is 5.87. The molecule has 102 valence electrons. The zero-order valence-electron chi connectivity index (χ0n) is 10.8. The average molecular weight is 265 g/mol. The van der Waals surface area contributed by atoms with E-state index in [0.717, 1.165) is 18.2 Å². The van der Waals surface area contributed by atoms with Crippen molar-refractivity contribution in [1.29, 1.82) is 0 Å². The number of esters is 1. The van der Waals surface area contributed by atoms with E-state index >= 15 is 0 Å². The summed E-state index contributed by atoms with van der Waals surface area (Å²) in [6, 6.07) is 3.66. The van der Waals surface area contributed by atoms with Gasteiger partial charge in [-0.2, -0.15) is 0 Å². The second-order valence-electron chi connectivity index (χ2n) is 4.10. The van der Waals surface area contributed by atoms with Crippen LogP contribution in [0.4, 0.5) is 0 Å². The molecule has 19 heavy (non-hydrogen) atoms. The van der Waals surface area contributed by atoms with E-state index in [1.54, 1.807) is 6.07 Å². The van der Waals surface area contributed by atoms with Crippen LogP contribution in [0.15, 0.2) is 12.1 Å². The van der Waals surface area contributed by atoms with Gasteiger partial charge in [0.25, 0.3) is 0 Å².